The molecule has 0 atom stereocenters. The molecule has 7 heteroatoms. The van der Waals surface area contributed by atoms with Gasteiger partial charge in [-0.2, -0.15) is 0 Å². The van der Waals surface area contributed by atoms with Crippen molar-refractivity contribution in [1.29, 1.82) is 0 Å². The van der Waals surface area contributed by atoms with Crippen molar-refractivity contribution >= 4 is 28.1 Å². The molecule has 1 amide bonds. The molecule has 1 aromatic heterocycles. The molecule has 3 aromatic rings. The van der Waals surface area contributed by atoms with Crippen molar-refractivity contribution in [3.05, 3.63) is 72.1 Å². The van der Waals surface area contributed by atoms with Gasteiger partial charge in [-0.3, -0.25) is 5.32 Å². The van der Waals surface area contributed by atoms with Crippen molar-refractivity contribution in [3.8, 4) is 17.0 Å². The summed E-state index contributed by atoms with van der Waals surface area (Å²) in [5.41, 5.74) is 2.49. The van der Waals surface area contributed by atoms with Crippen LogP contribution >= 0.6 is 11.3 Å². The second kappa shape index (κ2) is 9.05. The van der Waals surface area contributed by atoms with E-state index >= 15 is 0 Å². The molecule has 0 fully saturated rings. The molecule has 0 aliphatic heterocycles. The highest BCUT2D eigenvalue weighted by Gasteiger charge is 2.17. The van der Waals surface area contributed by atoms with E-state index in [1.165, 1.54) is 18.4 Å². The molecule has 0 saturated carbocycles. The lowest BCUT2D eigenvalue weighted by molar-refractivity contribution is 0.187. The number of carbonyl (C=O) groups is 1. The molecule has 28 heavy (non-hydrogen) atoms. The molecular weight excluding hydrogens is 374 g/mol. The Balaban J connectivity index is 2.26. The maximum absolute atomic E-state index is 11.9. The molecule has 3 rings (SSSR count). The molecule has 0 spiro atoms. The van der Waals surface area contributed by atoms with E-state index in [0.29, 0.717) is 27.8 Å². The maximum atomic E-state index is 11.9. The van der Waals surface area contributed by atoms with E-state index in [2.05, 4.69) is 11.9 Å². The van der Waals surface area contributed by atoms with Crippen LogP contribution in [-0.4, -0.2) is 24.9 Å². The maximum Gasteiger partial charge on any atom is 0.412 e. The predicted molar refractivity (Wildman–Crippen MR) is 112 cm³/mol. The molecule has 6 nitrogen and oxygen atoms in total. The lowest BCUT2D eigenvalue weighted by atomic mass is 10.1. The number of rotatable bonds is 6. The largest absolute Gasteiger partial charge is 0.494 e. The molecule has 144 valence electrons. The van der Waals surface area contributed by atoms with Gasteiger partial charge in [0.2, 0.25) is 0 Å². The fourth-order valence-corrected chi connectivity index (χ4v) is 3.79. The molecular formula is C21H21N3O3S. The normalized spacial score (nSPS) is 11.1. The number of methoxy groups -OCH3 is 2. The molecule has 0 unspecified atom stereocenters. The third kappa shape index (κ3) is 4.15. The number of para-hydroxylation sites is 2. The first-order valence-electron chi connectivity index (χ1n) is 8.60. The number of anilines is 1. The van der Waals surface area contributed by atoms with Gasteiger partial charge < -0.3 is 14.0 Å². The van der Waals surface area contributed by atoms with Crippen LogP contribution in [0, 0.1) is 0 Å². The fourth-order valence-electron chi connectivity index (χ4n) is 2.73. The van der Waals surface area contributed by atoms with Gasteiger partial charge in [-0.25, -0.2) is 9.79 Å². The van der Waals surface area contributed by atoms with Crippen LogP contribution in [0.2, 0.25) is 0 Å². The molecule has 2 aromatic carbocycles. The van der Waals surface area contributed by atoms with Gasteiger partial charge in [0.1, 0.15) is 16.4 Å². The van der Waals surface area contributed by atoms with Crippen LogP contribution in [0.4, 0.5) is 15.5 Å². The third-order valence-electron chi connectivity index (χ3n) is 3.97. The van der Waals surface area contributed by atoms with E-state index in [-0.39, 0.29) is 0 Å². The van der Waals surface area contributed by atoms with Gasteiger partial charge in [-0.05, 0) is 12.1 Å². The predicted octanol–water partition coefficient (Wildman–Crippen LogP) is 4.82. The second-order valence-corrected chi connectivity index (χ2v) is 6.71. The number of carbonyl (C=O) groups excluding carboxylic acids is 1. The minimum absolute atomic E-state index is 0.525. The summed E-state index contributed by atoms with van der Waals surface area (Å²) in [6.45, 7) is 4.39. The number of benzene rings is 2. The summed E-state index contributed by atoms with van der Waals surface area (Å²) in [6.07, 6.45) is 1.26. The smallest absolute Gasteiger partial charge is 0.412 e. The van der Waals surface area contributed by atoms with Crippen molar-refractivity contribution in [2.24, 2.45) is 4.99 Å². The number of nitrogens with one attached hydrogen (secondary N) is 1. The van der Waals surface area contributed by atoms with Gasteiger partial charge in [0, 0.05) is 12.1 Å². The van der Waals surface area contributed by atoms with E-state index in [1.54, 1.807) is 13.2 Å². The van der Waals surface area contributed by atoms with Crippen LogP contribution in [0.5, 0.6) is 5.75 Å². The van der Waals surface area contributed by atoms with Crippen molar-refractivity contribution in [1.82, 2.24) is 4.57 Å². The first kappa shape index (κ1) is 19.4. The first-order valence-corrected chi connectivity index (χ1v) is 9.42. The molecule has 0 saturated heterocycles. The number of hydrogen-bond donors (Lipinski definition) is 1. The Bertz CT molecular complexity index is 1040. The summed E-state index contributed by atoms with van der Waals surface area (Å²) in [5.74, 6) is 0.671. The van der Waals surface area contributed by atoms with Crippen LogP contribution < -0.4 is 14.9 Å². The summed E-state index contributed by atoms with van der Waals surface area (Å²) in [7, 11) is 2.95. The number of thiazole rings is 1. The standard InChI is InChI=1S/C21H21N3O3S/c1-4-14-24-18(15-10-6-5-7-11-15)19(23-21(25)27-3)28-20(24)22-16-12-8-9-13-17(16)26-2/h4-13H,1,14H2,2-3H3,(H,23,25). The van der Waals surface area contributed by atoms with Crippen LogP contribution in [0.1, 0.15) is 0 Å². The van der Waals surface area contributed by atoms with Crippen molar-refractivity contribution in [3.63, 3.8) is 0 Å². The second-order valence-electron chi connectivity index (χ2n) is 5.73. The van der Waals surface area contributed by atoms with Gasteiger partial charge in [-0.1, -0.05) is 59.9 Å². The van der Waals surface area contributed by atoms with E-state index in [4.69, 9.17) is 14.5 Å². The van der Waals surface area contributed by atoms with Crippen molar-refractivity contribution in [2.75, 3.05) is 19.5 Å². The van der Waals surface area contributed by atoms with Gasteiger partial charge >= 0.3 is 6.09 Å². The van der Waals surface area contributed by atoms with Gasteiger partial charge in [0.05, 0.1) is 19.9 Å². The fraction of sp³-hybridized carbons (Fsp3) is 0.143. The first-order chi connectivity index (χ1) is 13.7. The number of amides is 1. The van der Waals surface area contributed by atoms with Gasteiger partial charge in [-0.15, -0.1) is 6.58 Å². The Morgan fingerprint density at radius 1 is 1.18 bits per heavy atom. The average molecular weight is 395 g/mol. The van der Waals surface area contributed by atoms with Crippen molar-refractivity contribution in [2.45, 2.75) is 6.54 Å². The summed E-state index contributed by atoms with van der Waals surface area (Å²) in [6, 6.07) is 17.3. The molecule has 1 heterocycles. The lowest BCUT2D eigenvalue weighted by Crippen LogP contribution is -2.15. The Labute approximate surface area is 167 Å². The zero-order valence-corrected chi connectivity index (χ0v) is 16.5. The number of hydrogen-bond acceptors (Lipinski definition) is 5. The van der Waals surface area contributed by atoms with Crippen molar-refractivity contribution < 1.29 is 14.3 Å². The minimum atomic E-state index is -0.534. The Hall–Kier alpha value is -3.32. The zero-order valence-electron chi connectivity index (χ0n) is 15.7. The SMILES string of the molecule is C=CCn1c(-c2ccccc2)c(NC(=O)OC)sc1=Nc1ccccc1OC. The van der Waals surface area contributed by atoms with E-state index in [9.17, 15) is 4.79 Å². The highest BCUT2D eigenvalue weighted by atomic mass is 32.1. The number of nitrogens with zero attached hydrogens (tertiary/aromatic N) is 2. The molecule has 0 radical (unpaired) electrons. The highest BCUT2D eigenvalue weighted by molar-refractivity contribution is 7.14. The lowest BCUT2D eigenvalue weighted by Gasteiger charge is -2.10. The van der Waals surface area contributed by atoms with Crippen LogP contribution in [0.3, 0.4) is 0 Å². The molecule has 0 aliphatic rings. The van der Waals surface area contributed by atoms with E-state index < -0.39 is 6.09 Å². The zero-order chi connectivity index (χ0) is 19.9. The summed E-state index contributed by atoms with van der Waals surface area (Å²) in [4.78, 5) is 17.4. The van der Waals surface area contributed by atoms with E-state index in [1.807, 2.05) is 59.2 Å². The Kier molecular flexibility index (Phi) is 6.29. The van der Waals surface area contributed by atoms with E-state index in [0.717, 1.165) is 11.3 Å². The van der Waals surface area contributed by atoms with Crippen LogP contribution in [-0.2, 0) is 11.3 Å². The van der Waals surface area contributed by atoms with Crippen LogP contribution in [0.15, 0.2) is 72.2 Å². The van der Waals surface area contributed by atoms with Gasteiger partial charge in [0.25, 0.3) is 0 Å². The quantitative estimate of drug-likeness (QED) is 0.609. The Morgan fingerprint density at radius 2 is 1.89 bits per heavy atom. The van der Waals surface area contributed by atoms with Crippen LogP contribution in [0.25, 0.3) is 11.3 Å². The summed E-state index contributed by atoms with van der Waals surface area (Å²) in [5, 5.41) is 3.45. The minimum Gasteiger partial charge on any atom is -0.494 e. The molecule has 0 aliphatic carbocycles. The topological polar surface area (TPSA) is 64.9 Å². The third-order valence-corrected chi connectivity index (χ3v) is 4.96. The Morgan fingerprint density at radius 3 is 2.57 bits per heavy atom. The average Bonchev–Trinajstić information content (AvgIpc) is 3.05. The molecule has 0 bridgehead atoms. The number of aromatic nitrogens is 1. The highest BCUT2D eigenvalue weighted by Crippen LogP contribution is 2.32. The molecule has 1 N–H and O–H groups in total. The summed E-state index contributed by atoms with van der Waals surface area (Å²) < 4.78 is 12.2. The monoisotopic (exact) mass is 395 g/mol. The van der Waals surface area contributed by atoms with Gasteiger partial charge in [0.15, 0.2) is 4.80 Å². The number of ether oxygens (including phenoxy) is 2. The summed E-state index contributed by atoms with van der Waals surface area (Å²) >= 11 is 1.36. The number of allylic oxidation sites excluding steroid dienone is 1.